The second kappa shape index (κ2) is 6.97. The van der Waals surface area contributed by atoms with E-state index in [0.717, 1.165) is 5.76 Å². The van der Waals surface area contributed by atoms with E-state index in [1.54, 1.807) is 25.3 Å². The van der Waals surface area contributed by atoms with Crippen LogP contribution in [-0.2, 0) is 16.4 Å². The minimum absolute atomic E-state index is 0.0643. The summed E-state index contributed by atoms with van der Waals surface area (Å²) in [5.74, 6) is 0.468. The maximum absolute atomic E-state index is 12.4. The molecule has 0 saturated carbocycles. The summed E-state index contributed by atoms with van der Waals surface area (Å²) < 4.78 is 31.2. The van der Waals surface area contributed by atoms with Gasteiger partial charge in [-0.05, 0) is 50.7 Å². The van der Waals surface area contributed by atoms with E-state index in [9.17, 15) is 13.2 Å². The summed E-state index contributed by atoms with van der Waals surface area (Å²) in [7, 11) is -2.25. The predicted molar refractivity (Wildman–Crippen MR) is 86.8 cm³/mol. The van der Waals surface area contributed by atoms with Gasteiger partial charge in [0.25, 0.3) is 5.91 Å². The number of carbonyl (C=O) groups excluding carboxylic acids is 1. The van der Waals surface area contributed by atoms with E-state index in [2.05, 4.69) is 10.0 Å². The molecular weight excluding hydrogens is 316 g/mol. The molecule has 0 aliphatic rings. The first-order chi connectivity index (χ1) is 10.8. The van der Waals surface area contributed by atoms with Crippen LogP contribution in [0.2, 0.25) is 0 Å². The Balaban J connectivity index is 2.17. The van der Waals surface area contributed by atoms with Crippen molar-refractivity contribution in [1.82, 2.24) is 10.0 Å². The molecule has 0 aliphatic carbocycles. The van der Waals surface area contributed by atoms with E-state index in [0.29, 0.717) is 17.5 Å². The van der Waals surface area contributed by atoms with Crippen molar-refractivity contribution in [3.63, 3.8) is 0 Å². The maximum Gasteiger partial charge on any atom is 0.251 e. The number of hydrogen-bond acceptors (Lipinski definition) is 4. The average Bonchev–Trinajstić information content (AvgIpc) is 3.00. The van der Waals surface area contributed by atoms with Gasteiger partial charge in [-0.2, -0.15) is 0 Å². The number of amides is 1. The van der Waals surface area contributed by atoms with Crippen molar-refractivity contribution in [3.8, 4) is 0 Å². The summed E-state index contributed by atoms with van der Waals surface area (Å²) in [6.45, 7) is 3.63. The standard InChI is InChI=1S/C16H20N2O4S/c1-11-6-7-14(23(20,21)17-3)10-15(11)16(19)18-12(2)9-13-5-4-8-22-13/h4-8,10,12,17H,9H2,1-3H3,(H,18,19)/t12-/m0/s1. The first kappa shape index (κ1) is 17.2. The molecule has 23 heavy (non-hydrogen) atoms. The van der Waals surface area contributed by atoms with Crippen molar-refractivity contribution in [2.45, 2.75) is 31.2 Å². The van der Waals surface area contributed by atoms with Crippen molar-refractivity contribution >= 4 is 15.9 Å². The molecule has 0 saturated heterocycles. The number of furan rings is 1. The Morgan fingerprint density at radius 2 is 2.04 bits per heavy atom. The van der Waals surface area contributed by atoms with Gasteiger partial charge in [-0.3, -0.25) is 4.79 Å². The Labute approximate surface area is 135 Å². The molecule has 2 rings (SSSR count). The highest BCUT2D eigenvalue weighted by molar-refractivity contribution is 7.89. The van der Waals surface area contributed by atoms with Gasteiger partial charge in [-0.1, -0.05) is 6.07 Å². The Hall–Kier alpha value is -2.12. The van der Waals surface area contributed by atoms with Crippen LogP contribution in [0.4, 0.5) is 0 Å². The first-order valence-electron chi connectivity index (χ1n) is 7.21. The quantitative estimate of drug-likeness (QED) is 0.843. The van der Waals surface area contributed by atoms with Crippen molar-refractivity contribution in [2.24, 2.45) is 0 Å². The van der Waals surface area contributed by atoms with Gasteiger partial charge in [0.15, 0.2) is 0 Å². The highest BCUT2D eigenvalue weighted by Crippen LogP contribution is 2.16. The molecular formula is C16H20N2O4S. The molecule has 0 radical (unpaired) electrons. The molecule has 2 N–H and O–H groups in total. The predicted octanol–water partition coefficient (Wildman–Crippen LogP) is 1.86. The number of benzene rings is 1. The molecule has 0 fully saturated rings. The van der Waals surface area contributed by atoms with Gasteiger partial charge in [-0.15, -0.1) is 0 Å². The second-order valence-corrected chi connectivity index (χ2v) is 7.23. The fourth-order valence-electron chi connectivity index (χ4n) is 2.21. The third-order valence-electron chi connectivity index (χ3n) is 3.50. The molecule has 0 bridgehead atoms. The molecule has 1 aromatic carbocycles. The lowest BCUT2D eigenvalue weighted by Crippen LogP contribution is -2.34. The summed E-state index contributed by atoms with van der Waals surface area (Å²) in [6.07, 6.45) is 2.15. The fourth-order valence-corrected chi connectivity index (χ4v) is 2.97. The van der Waals surface area contributed by atoms with Crippen LogP contribution in [0.1, 0.15) is 28.6 Å². The van der Waals surface area contributed by atoms with Crippen LogP contribution in [0, 0.1) is 6.92 Å². The summed E-state index contributed by atoms with van der Waals surface area (Å²) in [5, 5.41) is 2.86. The molecule has 0 aliphatic heterocycles. The lowest BCUT2D eigenvalue weighted by Gasteiger charge is -2.14. The van der Waals surface area contributed by atoms with Crippen LogP contribution in [0.25, 0.3) is 0 Å². The maximum atomic E-state index is 12.4. The van der Waals surface area contributed by atoms with E-state index in [1.807, 2.05) is 13.0 Å². The molecule has 1 heterocycles. The SMILES string of the molecule is CNS(=O)(=O)c1ccc(C)c(C(=O)N[C@@H](C)Cc2ccco2)c1. The number of carbonyl (C=O) groups is 1. The summed E-state index contributed by atoms with van der Waals surface area (Å²) in [5.41, 5.74) is 1.05. The fraction of sp³-hybridized carbons (Fsp3) is 0.312. The lowest BCUT2D eigenvalue weighted by atomic mass is 10.1. The Kier molecular flexibility index (Phi) is 5.23. The number of hydrogen-bond donors (Lipinski definition) is 2. The van der Waals surface area contributed by atoms with Gasteiger partial charge >= 0.3 is 0 Å². The minimum atomic E-state index is -3.59. The van der Waals surface area contributed by atoms with Crippen molar-refractivity contribution in [3.05, 3.63) is 53.5 Å². The van der Waals surface area contributed by atoms with Crippen molar-refractivity contribution < 1.29 is 17.6 Å². The largest absolute Gasteiger partial charge is 0.469 e. The molecule has 0 unspecified atom stereocenters. The molecule has 1 amide bonds. The highest BCUT2D eigenvalue weighted by atomic mass is 32.2. The van der Waals surface area contributed by atoms with Crippen LogP contribution in [-0.4, -0.2) is 27.4 Å². The van der Waals surface area contributed by atoms with E-state index >= 15 is 0 Å². The topological polar surface area (TPSA) is 88.4 Å². The molecule has 2 aromatic rings. The zero-order chi connectivity index (χ0) is 17.0. The van der Waals surface area contributed by atoms with Crippen LogP contribution < -0.4 is 10.0 Å². The third-order valence-corrected chi connectivity index (χ3v) is 4.91. The smallest absolute Gasteiger partial charge is 0.251 e. The zero-order valence-electron chi connectivity index (χ0n) is 13.3. The number of rotatable bonds is 6. The van der Waals surface area contributed by atoms with Crippen molar-refractivity contribution in [2.75, 3.05) is 7.05 Å². The highest BCUT2D eigenvalue weighted by Gasteiger charge is 2.18. The summed E-state index contributed by atoms with van der Waals surface area (Å²) in [6, 6.07) is 7.97. The molecule has 7 heteroatoms. The zero-order valence-corrected chi connectivity index (χ0v) is 14.1. The monoisotopic (exact) mass is 336 g/mol. The van der Waals surface area contributed by atoms with Gasteiger partial charge in [0.05, 0.1) is 11.2 Å². The van der Waals surface area contributed by atoms with Gasteiger partial charge in [-0.25, -0.2) is 13.1 Å². The number of nitrogens with one attached hydrogen (secondary N) is 2. The molecule has 124 valence electrons. The van der Waals surface area contributed by atoms with E-state index in [4.69, 9.17) is 4.42 Å². The lowest BCUT2D eigenvalue weighted by molar-refractivity contribution is 0.0938. The summed E-state index contributed by atoms with van der Waals surface area (Å²) in [4.78, 5) is 12.5. The van der Waals surface area contributed by atoms with E-state index in [-0.39, 0.29) is 16.8 Å². The first-order valence-corrected chi connectivity index (χ1v) is 8.69. The van der Waals surface area contributed by atoms with Gasteiger partial charge in [0.1, 0.15) is 5.76 Å². The molecule has 1 atom stereocenters. The second-order valence-electron chi connectivity index (χ2n) is 5.34. The van der Waals surface area contributed by atoms with Crippen LogP contribution in [0.5, 0.6) is 0 Å². The summed E-state index contributed by atoms with van der Waals surface area (Å²) >= 11 is 0. The van der Waals surface area contributed by atoms with Gasteiger partial charge < -0.3 is 9.73 Å². The van der Waals surface area contributed by atoms with Crippen LogP contribution >= 0.6 is 0 Å². The van der Waals surface area contributed by atoms with E-state index < -0.39 is 10.0 Å². The van der Waals surface area contributed by atoms with Crippen LogP contribution in [0.3, 0.4) is 0 Å². The number of aryl methyl sites for hydroxylation is 1. The minimum Gasteiger partial charge on any atom is -0.469 e. The van der Waals surface area contributed by atoms with Gasteiger partial charge in [0, 0.05) is 18.0 Å². The third kappa shape index (κ3) is 4.20. The Morgan fingerprint density at radius 1 is 1.30 bits per heavy atom. The van der Waals surface area contributed by atoms with Crippen molar-refractivity contribution in [1.29, 1.82) is 0 Å². The normalized spacial score (nSPS) is 12.8. The van der Waals surface area contributed by atoms with E-state index in [1.165, 1.54) is 19.2 Å². The Bertz CT molecular complexity index is 782. The number of sulfonamides is 1. The molecule has 6 nitrogen and oxygen atoms in total. The molecule has 1 aromatic heterocycles. The van der Waals surface area contributed by atoms with Crippen LogP contribution in [0.15, 0.2) is 45.9 Å². The molecule has 0 spiro atoms. The average molecular weight is 336 g/mol. The van der Waals surface area contributed by atoms with Gasteiger partial charge in [0.2, 0.25) is 10.0 Å². The Morgan fingerprint density at radius 3 is 2.65 bits per heavy atom.